The van der Waals surface area contributed by atoms with Crippen LogP contribution in [0.1, 0.15) is 44.0 Å². The van der Waals surface area contributed by atoms with Crippen LogP contribution in [0.15, 0.2) is 6.07 Å². The summed E-state index contributed by atoms with van der Waals surface area (Å²) in [6, 6.07) is 3.79. The second-order valence-corrected chi connectivity index (χ2v) is 6.04. The SMILES string of the molecule is CCn1nc(C)cc1CN1CCCC1CNC1CC1. The molecule has 1 aliphatic carbocycles. The summed E-state index contributed by atoms with van der Waals surface area (Å²) in [7, 11) is 0. The molecule has 0 spiro atoms. The quantitative estimate of drug-likeness (QED) is 0.850. The van der Waals surface area contributed by atoms with E-state index < -0.39 is 0 Å². The molecule has 19 heavy (non-hydrogen) atoms. The lowest BCUT2D eigenvalue weighted by atomic mass is 10.2. The second kappa shape index (κ2) is 5.63. The van der Waals surface area contributed by atoms with Gasteiger partial charge in [-0.2, -0.15) is 5.10 Å². The van der Waals surface area contributed by atoms with Crippen molar-refractivity contribution in [2.75, 3.05) is 13.1 Å². The molecule has 4 nitrogen and oxygen atoms in total. The van der Waals surface area contributed by atoms with Crippen LogP contribution in [-0.4, -0.2) is 39.9 Å². The lowest BCUT2D eigenvalue weighted by Crippen LogP contribution is -2.38. The van der Waals surface area contributed by atoms with Crippen LogP contribution in [0.2, 0.25) is 0 Å². The topological polar surface area (TPSA) is 33.1 Å². The first-order valence-corrected chi connectivity index (χ1v) is 7.77. The lowest BCUT2D eigenvalue weighted by Gasteiger charge is -2.25. The zero-order valence-corrected chi connectivity index (χ0v) is 12.2. The number of aryl methyl sites for hydroxylation is 2. The Balaban J connectivity index is 1.60. The van der Waals surface area contributed by atoms with Crippen LogP contribution in [0, 0.1) is 6.92 Å². The van der Waals surface area contributed by atoms with Crippen molar-refractivity contribution in [2.24, 2.45) is 0 Å². The third-order valence-corrected chi connectivity index (χ3v) is 4.37. The van der Waals surface area contributed by atoms with Gasteiger partial charge in [0.25, 0.3) is 0 Å². The highest BCUT2D eigenvalue weighted by Gasteiger charge is 2.28. The van der Waals surface area contributed by atoms with Crippen molar-refractivity contribution >= 4 is 0 Å². The van der Waals surface area contributed by atoms with Gasteiger partial charge in [-0.25, -0.2) is 0 Å². The third-order valence-electron chi connectivity index (χ3n) is 4.37. The Morgan fingerprint density at radius 1 is 1.37 bits per heavy atom. The Hall–Kier alpha value is -0.870. The highest BCUT2D eigenvalue weighted by Crippen LogP contribution is 2.23. The van der Waals surface area contributed by atoms with Gasteiger partial charge in [-0.1, -0.05) is 0 Å². The summed E-state index contributed by atoms with van der Waals surface area (Å²) >= 11 is 0. The number of rotatable bonds is 6. The number of aromatic nitrogens is 2. The summed E-state index contributed by atoms with van der Waals surface area (Å²) in [5.41, 5.74) is 2.52. The largest absolute Gasteiger partial charge is 0.312 e. The van der Waals surface area contributed by atoms with Crippen molar-refractivity contribution in [1.82, 2.24) is 20.0 Å². The van der Waals surface area contributed by atoms with E-state index in [4.69, 9.17) is 0 Å². The fourth-order valence-electron chi connectivity index (χ4n) is 3.13. The Morgan fingerprint density at radius 2 is 2.21 bits per heavy atom. The van der Waals surface area contributed by atoms with Crippen LogP contribution < -0.4 is 5.32 Å². The standard InChI is InChI=1S/C15H26N4/c1-3-19-15(9-12(2)17-19)11-18-8-4-5-14(18)10-16-13-6-7-13/h9,13-14,16H,3-8,10-11H2,1-2H3. The zero-order valence-electron chi connectivity index (χ0n) is 12.2. The molecule has 1 saturated heterocycles. The minimum absolute atomic E-state index is 0.723. The van der Waals surface area contributed by atoms with Gasteiger partial charge in [0.1, 0.15) is 0 Å². The van der Waals surface area contributed by atoms with Crippen LogP contribution in [0.4, 0.5) is 0 Å². The van der Waals surface area contributed by atoms with Crippen LogP contribution >= 0.6 is 0 Å². The molecular formula is C15H26N4. The van der Waals surface area contributed by atoms with Gasteiger partial charge in [0.15, 0.2) is 0 Å². The molecule has 2 aliphatic rings. The first kappa shape index (κ1) is 13.1. The van der Waals surface area contributed by atoms with E-state index in [1.165, 1.54) is 44.5 Å². The van der Waals surface area contributed by atoms with E-state index in [9.17, 15) is 0 Å². The summed E-state index contributed by atoms with van der Waals surface area (Å²) in [6.45, 7) is 8.71. The molecule has 0 aromatic carbocycles. The molecule has 106 valence electrons. The van der Waals surface area contributed by atoms with Crippen molar-refractivity contribution < 1.29 is 0 Å². The van der Waals surface area contributed by atoms with Crippen LogP contribution in [0.3, 0.4) is 0 Å². The van der Waals surface area contributed by atoms with E-state index in [0.717, 1.165) is 30.9 Å². The molecule has 1 unspecified atom stereocenters. The molecule has 2 heterocycles. The fraction of sp³-hybridized carbons (Fsp3) is 0.800. The van der Waals surface area contributed by atoms with Crippen molar-refractivity contribution in [3.63, 3.8) is 0 Å². The number of likely N-dealkylation sites (tertiary alicyclic amines) is 1. The average Bonchev–Trinajstić information content (AvgIpc) is 3.02. The van der Waals surface area contributed by atoms with Gasteiger partial charge in [-0.3, -0.25) is 9.58 Å². The van der Waals surface area contributed by atoms with E-state index in [1.54, 1.807) is 0 Å². The lowest BCUT2D eigenvalue weighted by molar-refractivity contribution is 0.232. The fourth-order valence-corrected chi connectivity index (χ4v) is 3.13. The summed E-state index contributed by atoms with van der Waals surface area (Å²) in [4.78, 5) is 2.64. The maximum atomic E-state index is 4.55. The molecule has 2 fully saturated rings. The summed E-state index contributed by atoms with van der Waals surface area (Å²) in [5, 5.41) is 8.24. The maximum Gasteiger partial charge on any atom is 0.0597 e. The average molecular weight is 262 g/mol. The summed E-state index contributed by atoms with van der Waals surface area (Å²) in [5.74, 6) is 0. The monoisotopic (exact) mass is 262 g/mol. The van der Waals surface area contributed by atoms with E-state index in [0.29, 0.717) is 0 Å². The highest BCUT2D eigenvalue weighted by atomic mass is 15.3. The van der Waals surface area contributed by atoms with Crippen molar-refractivity contribution in [3.8, 4) is 0 Å². The van der Waals surface area contributed by atoms with E-state index in [-0.39, 0.29) is 0 Å². The second-order valence-electron chi connectivity index (χ2n) is 6.04. The molecule has 1 saturated carbocycles. The van der Waals surface area contributed by atoms with Crippen LogP contribution in [0.25, 0.3) is 0 Å². The number of nitrogens with one attached hydrogen (secondary N) is 1. The van der Waals surface area contributed by atoms with Crippen molar-refractivity contribution in [1.29, 1.82) is 0 Å². The van der Waals surface area contributed by atoms with Gasteiger partial charge in [0, 0.05) is 31.7 Å². The molecule has 1 aromatic rings. The van der Waals surface area contributed by atoms with E-state index in [2.05, 4.69) is 39.9 Å². The first-order valence-electron chi connectivity index (χ1n) is 7.77. The minimum atomic E-state index is 0.723. The molecule has 1 aromatic heterocycles. The molecule has 0 bridgehead atoms. The normalized spacial score (nSPS) is 24.2. The van der Waals surface area contributed by atoms with Gasteiger partial charge in [0.05, 0.1) is 11.4 Å². The predicted octanol–water partition coefficient (Wildman–Crippen LogP) is 1.93. The van der Waals surface area contributed by atoms with E-state index >= 15 is 0 Å². The molecule has 1 N–H and O–H groups in total. The maximum absolute atomic E-state index is 4.55. The van der Waals surface area contributed by atoms with Gasteiger partial charge in [-0.15, -0.1) is 0 Å². The first-order chi connectivity index (χ1) is 9.26. The van der Waals surface area contributed by atoms with Crippen molar-refractivity contribution in [3.05, 3.63) is 17.5 Å². The zero-order chi connectivity index (χ0) is 13.2. The highest BCUT2D eigenvalue weighted by molar-refractivity contribution is 5.09. The van der Waals surface area contributed by atoms with Gasteiger partial charge < -0.3 is 5.32 Å². The van der Waals surface area contributed by atoms with Gasteiger partial charge in [-0.05, 0) is 52.1 Å². The van der Waals surface area contributed by atoms with E-state index in [1.807, 2.05) is 0 Å². The summed E-state index contributed by atoms with van der Waals surface area (Å²) in [6.07, 6.45) is 5.46. The molecule has 3 rings (SSSR count). The number of nitrogens with zero attached hydrogens (tertiary/aromatic N) is 3. The molecule has 1 atom stereocenters. The molecule has 0 amide bonds. The third kappa shape index (κ3) is 3.18. The molecule has 1 aliphatic heterocycles. The Kier molecular flexibility index (Phi) is 3.89. The van der Waals surface area contributed by atoms with Gasteiger partial charge >= 0.3 is 0 Å². The smallest absolute Gasteiger partial charge is 0.0597 e. The Bertz CT molecular complexity index is 422. The number of hydrogen-bond donors (Lipinski definition) is 1. The van der Waals surface area contributed by atoms with Crippen LogP contribution in [-0.2, 0) is 13.1 Å². The number of hydrogen-bond acceptors (Lipinski definition) is 3. The van der Waals surface area contributed by atoms with Crippen LogP contribution in [0.5, 0.6) is 0 Å². The molecular weight excluding hydrogens is 236 g/mol. The Labute approximate surface area is 116 Å². The minimum Gasteiger partial charge on any atom is -0.312 e. The predicted molar refractivity (Wildman–Crippen MR) is 77.1 cm³/mol. The Morgan fingerprint density at radius 3 is 2.95 bits per heavy atom. The van der Waals surface area contributed by atoms with Crippen molar-refractivity contribution in [2.45, 2.75) is 64.7 Å². The summed E-state index contributed by atoms with van der Waals surface area (Å²) < 4.78 is 2.15. The molecule has 4 heteroatoms. The van der Waals surface area contributed by atoms with Gasteiger partial charge in [0.2, 0.25) is 0 Å². The molecule has 0 radical (unpaired) electrons.